The second kappa shape index (κ2) is 6.84. The molecule has 0 saturated heterocycles. The van der Waals surface area contributed by atoms with Crippen LogP contribution in [0.3, 0.4) is 0 Å². The van der Waals surface area contributed by atoms with Crippen LogP contribution in [-0.2, 0) is 5.41 Å². The maximum atomic E-state index is 2.64. The van der Waals surface area contributed by atoms with Crippen LogP contribution in [0.25, 0.3) is 10.8 Å². The Bertz CT molecular complexity index is 1100. The van der Waals surface area contributed by atoms with Crippen LogP contribution >= 0.6 is 0 Å². The molecule has 30 heavy (non-hydrogen) atoms. The first-order chi connectivity index (χ1) is 14.7. The van der Waals surface area contributed by atoms with E-state index in [1.54, 1.807) is 11.1 Å². The number of benzene rings is 2. The third-order valence-electron chi connectivity index (χ3n) is 8.71. The average molecular weight is 393 g/mol. The molecule has 6 rings (SSSR count). The van der Waals surface area contributed by atoms with Gasteiger partial charge in [-0.05, 0) is 76.3 Å². The molecule has 0 amide bonds. The van der Waals surface area contributed by atoms with Crippen LogP contribution in [0.15, 0.2) is 90.1 Å². The summed E-state index contributed by atoms with van der Waals surface area (Å²) in [5.74, 6) is 1.18. The fourth-order valence-electron chi connectivity index (χ4n) is 7.22. The number of allylic oxidation sites excluding steroid dienone is 8. The third-order valence-corrected chi connectivity index (χ3v) is 8.71. The van der Waals surface area contributed by atoms with E-state index in [4.69, 9.17) is 0 Å². The number of fused-ring (bicyclic) bond motifs is 4. The summed E-state index contributed by atoms with van der Waals surface area (Å²) >= 11 is 0. The number of hydrogen-bond donors (Lipinski definition) is 0. The lowest BCUT2D eigenvalue weighted by Crippen LogP contribution is -2.44. The molecule has 0 N–H and O–H groups in total. The van der Waals surface area contributed by atoms with E-state index in [2.05, 4.69) is 85.8 Å². The summed E-state index contributed by atoms with van der Waals surface area (Å²) in [6, 6.07) is 16.2. The minimum Gasteiger partial charge on any atom is -0.0770 e. The molecular formula is C30H32. The van der Waals surface area contributed by atoms with E-state index in [0.717, 1.165) is 0 Å². The molecule has 2 bridgehead atoms. The normalized spacial score (nSPS) is 35.0. The monoisotopic (exact) mass is 392 g/mol. The van der Waals surface area contributed by atoms with Crippen molar-refractivity contribution in [1.82, 2.24) is 0 Å². The van der Waals surface area contributed by atoms with Crippen molar-refractivity contribution in [1.29, 1.82) is 0 Å². The smallest absolute Gasteiger partial charge is 0.00815 e. The first-order valence-electron chi connectivity index (χ1n) is 12.0. The Morgan fingerprint density at radius 2 is 1.60 bits per heavy atom. The van der Waals surface area contributed by atoms with Gasteiger partial charge in [0.2, 0.25) is 0 Å². The highest BCUT2D eigenvalue weighted by atomic mass is 14.5. The zero-order chi connectivity index (χ0) is 20.2. The van der Waals surface area contributed by atoms with E-state index in [9.17, 15) is 0 Å². The SMILES string of the molecule is CC1C=C(C23CCCC(c4ccc5ccccc5c4)(CCC2)C3)C=C2C=CC=CC21. The summed E-state index contributed by atoms with van der Waals surface area (Å²) in [7, 11) is 0. The average Bonchev–Trinajstić information content (AvgIpc) is 2.79. The predicted molar refractivity (Wildman–Crippen MR) is 127 cm³/mol. The van der Waals surface area contributed by atoms with Gasteiger partial charge in [0.25, 0.3) is 0 Å². The van der Waals surface area contributed by atoms with E-state index in [1.165, 1.54) is 61.3 Å². The van der Waals surface area contributed by atoms with Crippen LogP contribution in [0.4, 0.5) is 0 Å². The van der Waals surface area contributed by atoms with Gasteiger partial charge in [-0.25, -0.2) is 0 Å². The molecular weight excluding hydrogens is 360 g/mol. The van der Waals surface area contributed by atoms with Crippen LogP contribution in [0.2, 0.25) is 0 Å². The van der Waals surface area contributed by atoms with Gasteiger partial charge >= 0.3 is 0 Å². The van der Waals surface area contributed by atoms with Gasteiger partial charge in [-0.2, -0.15) is 0 Å². The molecule has 2 aromatic carbocycles. The van der Waals surface area contributed by atoms with Gasteiger partial charge in [0.05, 0.1) is 0 Å². The molecule has 2 unspecified atom stereocenters. The van der Waals surface area contributed by atoms with Gasteiger partial charge < -0.3 is 0 Å². The first kappa shape index (κ1) is 18.4. The molecule has 0 aliphatic heterocycles. The molecule has 4 aliphatic rings. The lowest BCUT2D eigenvalue weighted by atomic mass is 9.50. The van der Waals surface area contributed by atoms with Crippen LogP contribution in [0.1, 0.15) is 57.4 Å². The summed E-state index contributed by atoms with van der Waals surface area (Å²) in [5.41, 5.74) is 5.53. The van der Waals surface area contributed by atoms with Crippen molar-refractivity contribution in [3.8, 4) is 0 Å². The Kier molecular flexibility index (Phi) is 4.20. The van der Waals surface area contributed by atoms with Gasteiger partial charge in [-0.3, -0.25) is 0 Å². The molecule has 2 saturated carbocycles. The molecule has 2 fully saturated rings. The van der Waals surface area contributed by atoms with E-state index in [1.807, 2.05) is 0 Å². The van der Waals surface area contributed by atoms with Gasteiger partial charge in [-0.15, -0.1) is 0 Å². The van der Waals surface area contributed by atoms with Crippen LogP contribution < -0.4 is 0 Å². The molecule has 152 valence electrons. The quantitative estimate of drug-likeness (QED) is 0.485. The molecule has 0 radical (unpaired) electrons. The van der Waals surface area contributed by atoms with E-state index < -0.39 is 0 Å². The van der Waals surface area contributed by atoms with Crippen molar-refractivity contribution in [2.24, 2.45) is 17.3 Å². The van der Waals surface area contributed by atoms with Crippen LogP contribution in [0.5, 0.6) is 0 Å². The Hall–Kier alpha value is -2.34. The molecule has 0 nitrogen and oxygen atoms in total. The summed E-state index contributed by atoms with van der Waals surface area (Å²) in [4.78, 5) is 0. The van der Waals surface area contributed by atoms with Gasteiger partial charge in [-0.1, -0.05) is 98.7 Å². The van der Waals surface area contributed by atoms with Crippen molar-refractivity contribution >= 4 is 10.8 Å². The Labute approximate surface area is 181 Å². The Morgan fingerprint density at radius 3 is 2.43 bits per heavy atom. The van der Waals surface area contributed by atoms with Gasteiger partial charge in [0.1, 0.15) is 0 Å². The minimum absolute atomic E-state index is 0.363. The highest BCUT2D eigenvalue weighted by Gasteiger charge is 2.50. The summed E-state index contributed by atoms with van der Waals surface area (Å²) in [6.45, 7) is 2.42. The fourth-order valence-corrected chi connectivity index (χ4v) is 7.22. The number of rotatable bonds is 2. The van der Waals surface area contributed by atoms with E-state index in [0.29, 0.717) is 22.7 Å². The summed E-state index contributed by atoms with van der Waals surface area (Å²) in [6.07, 6.45) is 23.9. The molecule has 0 heterocycles. The van der Waals surface area contributed by atoms with E-state index in [-0.39, 0.29) is 0 Å². The highest BCUT2D eigenvalue weighted by molar-refractivity contribution is 5.83. The van der Waals surface area contributed by atoms with Crippen LogP contribution in [-0.4, -0.2) is 0 Å². The Balaban J connectivity index is 1.40. The summed E-state index contributed by atoms with van der Waals surface area (Å²) in [5, 5.41) is 2.77. The van der Waals surface area contributed by atoms with Crippen molar-refractivity contribution in [2.45, 2.75) is 57.3 Å². The first-order valence-corrected chi connectivity index (χ1v) is 12.0. The zero-order valence-corrected chi connectivity index (χ0v) is 18.1. The second-order valence-corrected chi connectivity index (χ2v) is 10.4. The van der Waals surface area contributed by atoms with Crippen molar-refractivity contribution in [2.75, 3.05) is 0 Å². The molecule has 0 spiro atoms. The topological polar surface area (TPSA) is 0 Å². The standard InChI is InChI=1S/C30H32/c1-22-18-27(20-25-10-4-5-11-28(22)25)30-16-6-14-29(21-30,15-7-17-30)26-13-12-23-8-2-3-9-24(23)19-26/h2-5,8-13,18-20,22,28H,6-7,14-17,21H2,1H3. The molecule has 0 heteroatoms. The fraction of sp³-hybridized carbons (Fsp3) is 0.400. The van der Waals surface area contributed by atoms with Crippen molar-refractivity contribution < 1.29 is 0 Å². The van der Waals surface area contributed by atoms with Crippen molar-refractivity contribution in [3.63, 3.8) is 0 Å². The highest BCUT2D eigenvalue weighted by Crippen LogP contribution is 2.61. The van der Waals surface area contributed by atoms with E-state index >= 15 is 0 Å². The lowest BCUT2D eigenvalue weighted by Gasteiger charge is -2.54. The van der Waals surface area contributed by atoms with Crippen LogP contribution in [0, 0.1) is 17.3 Å². The third kappa shape index (κ3) is 2.80. The largest absolute Gasteiger partial charge is 0.0770 e. The molecule has 2 aromatic rings. The number of hydrogen-bond acceptors (Lipinski definition) is 0. The zero-order valence-electron chi connectivity index (χ0n) is 18.1. The lowest BCUT2D eigenvalue weighted by molar-refractivity contribution is 0.0834. The maximum Gasteiger partial charge on any atom is 0.00815 e. The summed E-state index contributed by atoms with van der Waals surface area (Å²) < 4.78 is 0. The maximum absolute atomic E-state index is 2.64. The molecule has 4 aliphatic carbocycles. The van der Waals surface area contributed by atoms with Crippen molar-refractivity contribution in [3.05, 3.63) is 95.6 Å². The Morgan fingerprint density at radius 1 is 0.833 bits per heavy atom. The van der Waals surface area contributed by atoms with Gasteiger partial charge in [0.15, 0.2) is 0 Å². The molecule has 2 atom stereocenters. The molecule has 0 aromatic heterocycles. The second-order valence-electron chi connectivity index (χ2n) is 10.4. The minimum atomic E-state index is 0.363. The predicted octanol–water partition coefficient (Wildman–Crippen LogP) is 8.07. The van der Waals surface area contributed by atoms with Gasteiger partial charge in [0, 0.05) is 5.92 Å².